The largest absolute Gasteiger partial charge is 0.507 e. The van der Waals surface area contributed by atoms with E-state index < -0.39 is 73.1 Å². The van der Waals surface area contributed by atoms with Crippen molar-refractivity contribution in [2.24, 2.45) is 0 Å². The van der Waals surface area contributed by atoms with E-state index >= 15 is 0 Å². The van der Waals surface area contributed by atoms with Crippen molar-refractivity contribution in [1.82, 2.24) is 0 Å². The molecule has 2 saturated heterocycles. The fourth-order valence-electron chi connectivity index (χ4n) is 4.69. The molecule has 14 nitrogen and oxygen atoms in total. The summed E-state index contributed by atoms with van der Waals surface area (Å²) in [6.07, 6.45) is -13.8. The number of hydrogen-bond donors (Lipinski definition) is 7. The summed E-state index contributed by atoms with van der Waals surface area (Å²) in [4.78, 5) is 12.7. The van der Waals surface area contributed by atoms with Crippen LogP contribution in [-0.4, -0.2) is 111 Å². The molecule has 0 unspecified atom stereocenters. The van der Waals surface area contributed by atoms with Crippen LogP contribution in [-0.2, 0) is 14.2 Å². The zero-order valence-corrected chi connectivity index (χ0v) is 21.6. The van der Waals surface area contributed by atoms with Crippen LogP contribution in [0.3, 0.4) is 0 Å². The highest BCUT2D eigenvalue weighted by Crippen LogP contribution is 2.33. The lowest BCUT2D eigenvalue weighted by Gasteiger charge is -2.43. The van der Waals surface area contributed by atoms with Gasteiger partial charge in [-0.3, -0.25) is 4.79 Å². The SMILES string of the molecule is COc1ccc(-c2cc(=O)c3c(O)cc(O[C@@H]4OC[C@@H](O[C@@H]5O[C@H](CO)[C@@H](O)[C@H](O)[C@H]5O)[C@@H](O)[C@H]4O)cc3o2)cc1. The van der Waals surface area contributed by atoms with Crippen molar-refractivity contribution in [2.45, 2.75) is 55.3 Å². The van der Waals surface area contributed by atoms with Crippen molar-refractivity contribution in [3.05, 3.63) is 52.7 Å². The molecule has 222 valence electrons. The highest BCUT2D eigenvalue weighted by atomic mass is 16.7. The second-order valence-corrected chi connectivity index (χ2v) is 9.69. The first-order valence-corrected chi connectivity index (χ1v) is 12.7. The van der Waals surface area contributed by atoms with Crippen molar-refractivity contribution in [1.29, 1.82) is 0 Å². The number of aliphatic hydroxyl groups excluding tert-OH is 6. The van der Waals surface area contributed by atoms with Gasteiger partial charge in [-0.15, -0.1) is 0 Å². The van der Waals surface area contributed by atoms with E-state index in [-0.39, 0.29) is 29.1 Å². The number of hydrogen-bond acceptors (Lipinski definition) is 14. The third-order valence-electron chi connectivity index (χ3n) is 7.00. The van der Waals surface area contributed by atoms with Gasteiger partial charge in [0.25, 0.3) is 0 Å². The number of methoxy groups -OCH3 is 1. The Balaban J connectivity index is 1.31. The summed E-state index contributed by atoms with van der Waals surface area (Å²) in [5.41, 5.74) is 0.0712. The maximum Gasteiger partial charge on any atom is 0.228 e. The Kier molecular flexibility index (Phi) is 8.47. The lowest BCUT2D eigenvalue weighted by atomic mass is 9.99. The first kappa shape index (κ1) is 29.2. The molecule has 2 aliphatic rings. The molecule has 14 heteroatoms. The minimum Gasteiger partial charge on any atom is -0.507 e. The molecule has 2 fully saturated rings. The first-order valence-electron chi connectivity index (χ1n) is 12.7. The van der Waals surface area contributed by atoms with E-state index in [4.69, 9.17) is 28.1 Å². The molecular formula is C27H30O14. The van der Waals surface area contributed by atoms with Crippen LogP contribution in [0.25, 0.3) is 22.3 Å². The van der Waals surface area contributed by atoms with Gasteiger partial charge in [-0.2, -0.15) is 0 Å². The monoisotopic (exact) mass is 578 g/mol. The molecule has 9 atom stereocenters. The maximum absolute atomic E-state index is 12.7. The number of ether oxygens (including phenoxy) is 5. The van der Waals surface area contributed by atoms with Crippen LogP contribution in [0.15, 0.2) is 51.7 Å². The maximum atomic E-state index is 12.7. The van der Waals surface area contributed by atoms with E-state index in [1.165, 1.54) is 19.2 Å². The van der Waals surface area contributed by atoms with Gasteiger partial charge in [-0.25, -0.2) is 0 Å². The zero-order chi connectivity index (χ0) is 29.4. The lowest BCUT2D eigenvalue weighted by Crippen LogP contribution is -2.62. The summed E-state index contributed by atoms with van der Waals surface area (Å²) in [7, 11) is 1.52. The Bertz CT molecular complexity index is 1410. The topological polar surface area (TPSA) is 218 Å². The van der Waals surface area contributed by atoms with E-state index in [0.717, 1.165) is 6.07 Å². The van der Waals surface area contributed by atoms with E-state index in [2.05, 4.69) is 0 Å². The number of phenolic OH excluding ortho intramolecular Hbond substituents is 1. The first-order chi connectivity index (χ1) is 19.6. The molecule has 2 aromatic carbocycles. The van der Waals surface area contributed by atoms with Crippen LogP contribution in [0, 0.1) is 0 Å². The predicted molar refractivity (Wildman–Crippen MR) is 137 cm³/mol. The summed E-state index contributed by atoms with van der Waals surface area (Å²) < 4.78 is 32.9. The van der Waals surface area contributed by atoms with Gasteiger partial charge in [-0.05, 0) is 24.3 Å². The molecule has 0 amide bonds. The van der Waals surface area contributed by atoms with Gasteiger partial charge in [0.2, 0.25) is 6.29 Å². The third kappa shape index (κ3) is 5.74. The number of fused-ring (bicyclic) bond motifs is 1. The fraction of sp³-hybridized carbons (Fsp3) is 0.444. The number of rotatable bonds is 7. The van der Waals surface area contributed by atoms with Crippen molar-refractivity contribution < 1.29 is 63.8 Å². The zero-order valence-electron chi connectivity index (χ0n) is 21.6. The predicted octanol–water partition coefficient (Wildman–Crippen LogP) is -1.18. The number of phenols is 1. The Morgan fingerprint density at radius 3 is 2.27 bits per heavy atom. The van der Waals surface area contributed by atoms with E-state index in [0.29, 0.717) is 11.3 Å². The molecular weight excluding hydrogens is 548 g/mol. The average Bonchev–Trinajstić information content (AvgIpc) is 2.96. The van der Waals surface area contributed by atoms with Crippen molar-refractivity contribution in [3.63, 3.8) is 0 Å². The summed E-state index contributed by atoms with van der Waals surface area (Å²) in [5.74, 6) is 0.343. The van der Waals surface area contributed by atoms with Crippen molar-refractivity contribution in [2.75, 3.05) is 20.3 Å². The lowest BCUT2D eigenvalue weighted by molar-refractivity contribution is -0.338. The Labute approximate surface area is 232 Å². The molecule has 0 radical (unpaired) electrons. The van der Waals surface area contributed by atoms with Crippen LogP contribution < -0.4 is 14.9 Å². The van der Waals surface area contributed by atoms with Crippen LogP contribution in [0.5, 0.6) is 17.2 Å². The Hall–Kier alpha value is -3.31. The van der Waals surface area contributed by atoms with Gasteiger partial charge in [0.05, 0.1) is 20.3 Å². The smallest absolute Gasteiger partial charge is 0.228 e. The van der Waals surface area contributed by atoms with Gasteiger partial charge in [0, 0.05) is 23.8 Å². The highest BCUT2D eigenvalue weighted by molar-refractivity contribution is 5.86. The number of benzene rings is 2. The van der Waals surface area contributed by atoms with Crippen LogP contribution in [0.2, 0.25) is 0 Å². The van der Waals surface area contributed by atoms with Crippen LogP contribution in [0.4, 0.5) is 0 Å². The third-order valence-corrected chi connectivity index (χ3v) is 7.00. The van der Waals surface area contributed by atoms with Gasteiger partial charge in [-0.1, -0.05) is 0 Å². The molecule has 0 bridgehead atoms. The molecule has 5 rings (SSSR count). The Morgan fingerprint density at radius 1 is 0.878 bits per heavy atom. The van der Waals surface area contributed by atoms with Crippen molar-refractivity contribution in [3.8, 4) is 28.6 Å². The van der Waals surface area contributed by atoms with Gasteiger partial charge in [0.1, 0.15) is 76.7 Å². The fourth-order valence-corrected chi connectivity index (χ4v) is 4.69. The second-order valence-electron chi connectivity index (χ2n) is 9.69. The molecule has 1 aromatic heterocycles. The van der Waals surface area contributed by atoms with Gasteiger partial charge < -0.3 is 63.8 Å². The van der Waals surface area contributed by atoms with E-state index in [1.807, 2.05) is 0 Å². The highest BCUT2D eigenvalue weighted by Gasteiger charge is 2.48. The van der Waals surface area contributed by atoms with Gasteiger partial charge >= 0.3 is 0 Å². The number of aromatic hydroxyl groups is 1. The van der Waals surface area contributed by atoms with Crippen LogP contribution in [0.1, 0.15) is 0 Å². The number of aliphatic hydroxyl groups is 6. The van der Waals surface area contributed by atoms with E-state index in [1.54, 1.807) is 24.3 Å². The molecule has 0 saturated carbocycles. The molecule has 3 heterocycles. The second kappa shape index (κ2) is 11.9. The molecule has 41 heavy (non-hydrogen) atoms. The molecule has 0 aliphatic carbocycles. The van der Waals surface area contributed by atoms with E-state index in [9.17, 15) is 40.5 Å². The molecule has 3 aromatic rings. The average molecular weight is 579 g/mol. The van der Waals surface area contributed by atoms with Gasteiger partial charge in [0.15, 0.2) is 11.7 Å². The molecule has 2 aliphatic heterocycles. The minimum absolute atomic E-state index is 0.00649. The summed E-state index contributed by atoms with van der Waals surface area (Å²) >= 11 is 0. The standard InChI is InChI=1S/C27H30O14/c1-36-12-4-2-11(3-5-12)16-8-15(30)20-14(29)6-13(7-17(20)39-16)38-26-24(34)22(32)19(10-37-26)41-27-25(35)23(33)21(31)18(9-28)40-27/h2-8,18-19,21-29,31-35H,9-10H2,1H3/t18-,19-,21-,22-,23+,24-,25-,26+,27+/m1/s1. The Morgan fingerprint density at radius 2 is 1.59 bits per heavy atom. The normalized spacial score (nSPS) is 32.1. The quantitative estimate of drug-likeness (QED) is 0.176. The molecule has 0 spiro atoms. The van der Waals surface area contributed by atoms with Crippen LogP contribution >= 0.6 is 0 Å². The van der Waals surface area contributed by atoms with Crippen molar-refractivity contribution >= 4 is 11.0 Å². The molecule has 7 N–H and O–H groups in total. The summed E-state index contributed by atoms with van der Waals surface area (Å²) in [6, 6.07) is 10.5. The minimum atomic E-state index is -1.72. The summed E-state index contributed by atoms with van der Waals surface area (Å²) in [6.45, 7) is -1.04. The summed E-state index contributed by atoms with van der Waals surface area (Å²) in [5, 5.41) is 71.1.